The first kappa shape index (κ1) is 19.9. The standard InChI is InChI=1S/C16H22N4O5S/c1-16(10-9-12-7-5-4-6-8-12)14(22)20(15(23)17-16)18-13(21)11-19(2)26(3,24)25/h4-8H,9-11H2,1-3H3,(H,17,23)(H,18,21). The van der Waals surface area contributed by atoms with Crippen LogP contribution in [0, 0.1) is 0 Å². The zero-order chi connectivity index (χ0) is 19.5. The normalized spacial score (nSPS) is 20.4. The molecule has 1 aromatic rings. The molecule has 0 aromatic heterocycles. The van der Waals surface area contributed by atoms with Gasteiger partial charge in [0.25, 0.3) is 11.8 Å². The van der Waals surface area contributed by atoms with Crippen LogP contribution in [0.25, 0.3) is 0 Å². The molecular formula is C16H22N4O5S. The lowest BCUT2D eigenvalue weighted by molar-refractivity contribution is -0.138. The molecule has 2 N–H and O–H groups in total. The molecule has 0 aliphatic carbocycles. The lowest BCUT2D eigenvalue weighted by Crippen LogP contribution is -2.51. The third kappa shape index (κ3) is 4.58. The third-order valence-electron chi connectivity index (χ3n) is 4.19. The Morgan fingerprint density at radius 2 is 1.88 bits per heavy atom. The molecule has 142 valence electrons. The number of carbonyl (C=O) groups excluding carboxylic acids is 3. The highest BCUT2D eigenvalue weighted by Gasteiger charge is 2.48. The molecule has 1 fully saturated rings. The quantitative estimate of drug-likeness (QED) is 0.637. The minimum atomic E-state index is -3.55. The highest BCUT2D eigenvalue weighted by Crippen LogP contribution is 2.22. The SMILES string of the molecule is CN(CC(=O)NN1C(=O)NC(C)(CCc2ccccc2)C1=O)S(C)(=O)=O. The van der Waals surface area contributed by atoms with Crippen molar-refractivity contribution in [1.82, 2.24) is 20.1 Å². The summed E-state index contributed by atoms with van der Waals surface area (Å²) in [4.78, 5) is 36.6. The van der Waals surface area contributed by atoms with Crippen LogP contribution in [0.2, 0.25) is 0 Å². The lowest BCUT2D eigenvalue weighted by atomic mass is 9.93. The topological polar surface area (TPSA) is 116 Å². The van der Waals surface area contributed by atoms with Gasteiger partial charge in [0.2, 0.25) is 10.0 Å². The molecule has 0 bridgehead atoms. The predicted molar refractivity (Wildman–Crippen MR) is 94.2 cm³/mol. The van der Waals surface area contributed by atoms with E-state index in [1.54, 1.807) is 6.92 Å². The summed E-state index contributed by atoms with van der Waals surface area (Å²) in [6.45, 7) is 1.08. The van der Waals surface area contributed by atoms with Crippen LogP contribution in [0.5, 0.6) is 0 Å². The average Bonchev–Trinajstić information content (AvgIpc) is 2.77. The summed E-state index contributed by atoms with van der Waals surface area (Å²) in [5.74, 6) is -1.37. The predicted octanol–water partition coefficient (Wildman–Crippen LogP) is -0.148. The molecular weight excluding hydrogens is 360 g/mol. The van der Waals surface area contributed by atoms with E-state index in [2.05, 4.69) is 10.7 Å². The zero-order valence-electron chi connectivity index (χ0n) is 14.9. The van der Waals surface area contributed by atoms with E-state index in [0.717, 1.165) is 16.1 Å². The molecule has 0 radical (unpaired) electrons. The molecule has 1 heterocycles. The smallest absolute Gasteiger partial charge is 0.322 e. The molecule has 1 saturated heterocycles. The van der Waals surface area contributed by atoms with Gasteiger partial charge in [0.1, 0.15) is 5.54 Å². The summed E-state index contributed by atoms with van der Waals surface area (Å²) in [6, 6.07) is 8.75. The van der Waals surface area contributed by atoms with E-state index >= 15 is 0 Å². The van der Waals surface area contributed by atoms with Gasteiger partial charge < -0.3 is 5.32 Å². The van der Waals surface area contributed by atoms with Crippen LogP contribution >= 0.6 is 0 Å². The van der Waals surface area contributed by atoms with Crippen molar-refractivity contribution >= 4 is 27.9 Å². The van der Waals surface area contributed by atoms with Crippen LogP contribution in [0.1, 0.15) is 18.9 Å². The number of nitrogens with one attached hydrogen (secondary N) is 2. The second-order valence-electron chi connectivity index (χ2n) is 6.44. The van der Waals surface area contributed by atoms with Crippen LogP contribution in [-0.2, 0) is 26.0 Å². The Hall–Kier alpha value is -2.46. The van der Waals surface area contributed by atoms with Crippen LogP contribution < -0.4 is 10.7 Å². The van der Waals surface area contributed by atoms with Gasteiger partial charge in [-0.15, -0.1) is 0 Å². The van der Waals surface area contributed by atoms with E-state index in [1.165, 1.54) is 7.05 Å². The van der Waals surface area contributed by atoms with E-state index < -0.39 is 40.0 Å². The molecule has 1 aliphatic rings. The van der Waals surface area contributed by atoms with Crippen molar-refractivity contribution in [2.75, 3.05) is 19.8 Å². The van der Waals surface area contributed by atoms with Crippen molar-refractivity contribution in [3.8, 4) is 0 Å². The lowest BCUT2D eigenvalue weighted by Gasteiger charge is -2.22. The second-order valence-corrected chi connectivity index (χ2v) is 8.53. The summed E-state index contributed by atoms with van der Waals surface area (Å²) in [7, 11) is -2.33. The van der Waals surface area contributed by atoms with Gasteiger partial charge >= 0.3 is 6.03 Å². The number of urea groups is 1. The van der Waals surface area contributed by atoms with Gasteiger partial charge in [-0.3, -0.25) is 15.0 Å². The zero-order valence-corrected chi connectivity index (χ0v) is 15.7. The van der Waals surface area contributed by atoms with E-state index in [0.29, 0.717) is 17.9 Å². The minimum Gasteiger partial charge on any atom is -0.322 e. The molecule has 26 heavy (non-hydrogen) atoms. The van der Waals surface area contributed by atoms with Crippen LogP contribution in [0.15, 0.2) is 30.3 Å². The molecule has 2 rings (SSSR count). The number of aryl methyl sites for hydroxylation is 1. The molecule has 4 amide bonds. The van der Waals surface area contributed by atoms with Crippen molar-refractivity contribution < 1.29 is 22.8 Å². The van der Waals surface area contributed by atoms with Gasteiger partial charge in [-0.25, -0.2) is 13.2 Å². The molecule has 0 spiro atoms. The van der Waals surface area contributed by atoms with Gasteiger partial charge in [-0.2, -0.15) is 9.31 Å². The maximum Gasteiger partial charge on any atom is 0.344 e. The number of amides is 4. The fourth-order valence-corrected chi connectivity index (χ4v) is 2.83. The van der Waals surface area contributed by atoms with E-state index in [1.807, 2.05) is 30.3 Å². The van der Waals surface area contributed by atoms with Crippen LogP contribution in [0.4, 0.5) is 4.79 Å². The Labute approximate surface area is 152 Å². The highest BCUT2D eigenvalue weighted by atomic mass is 32.2. The molecule has 10 heteroatoms. The van der Waals surface area contributed by atoms with Crippen LogP contribution in [-0.4, -0.2) is 61.0 Å². The minimum absolute atomic E-state index is 0.358. The highest BCUT2D eigenvalue weighted by molar-refractivity contribution is 7.88. The second kappa shape index (κ2) is 7.42. The fourth-order valence-electron chi connectivity index (χ4n) is 2.47. The number of benzene rings is 1. The van der Waals surface area contributed by atoms with Crippen molar-refractivity contribution in [2.24, 2.45) is 0 Å². The Morgan fingerprint density at radius 1 is 1.27 bits per heavy atom. The Kier molecular flexibility index (Phi) is 5.67. The molecule has 1 aromatic carbocycles. The number of likely N-dealkylation sites (N-methyl/N-ethyl adjacent to an activating group) is 1. The van der Waals surface area contributed by atoms with Crippen molar-refractivity contribution in [1.29, 1.82) is 0 Å². The van der Waals surface area contributed by atoms with E-state index in [4.69, 9.17) is 0 Å². The Bertz CT molecular complexity index is 811. The summed E-state index contributed by atoms with van der Waals surface area (Å²) in [6.07, 6.45) is 1.88. The van der Waals surface area contributed by atoms with Crippen molar-refractivity contribution in [2.45, 2.75) is 25.3 Å². The van der Waals surface area contributed by atoms with E-state index in [9.17, 15) is 22.8 Å². The maximum absolute atomic E-state index is 12.6. The van der Waals surface area contributed by atoms with Crippen molar-refractivity contribution in [3.63, 3.8) is 0 Å². The maximum atomic E-state index is 12.6. The number of carbonyl (C=O) groups is 3. The number of nitrogens with zero attached hydrogens (tertiary/aromatic N) is 2. The largest absolute Gasteiger partial charge is 0.344 e. The number of hydrogen-bond donors (Lipinski definition) is 2. The first-order valence-electron chi connectivity index (χ1n) is 7.94. The number of rotatable bonds is 7. The van der Waals surface area contributed by atoms with Gasteiger partial charge in [-0.05, 0) is 25.3 Å². The van der Waals surface area contributed by atoms with Gasteiger partial charge in [-0.1, -0.05) is 30.3 Å². The van der Waals surface area contributed by atoms with Crippen LogP contribution in [0.3, 0.4) is 0 Å². The van der Waals surface area contributed by atoms with Gasteiger partial charge in [0, 0.05) is 7.05 Å². The average molecular weight is 382 g/mol. The van der Waals surface area contributed by atoms with Gasteiger partial charge in [0.05, 0.1) is 12.8 Å². The van der Waals surface area contributed by atoms with Gasteiger partial charge in [0.15, 0.2) is 0 Å². The fraction of sp³-hybridized carbons (Fsp3) is 0.438. The summed E-state index contributed by atoms with van der Waals surface area (Å²) >= 11 is 0. The van der Waals surface area contributed by atoms with E-state index in [-0.39, 0.29) is 0 Å². The molecule has 1 unspecified atom stereocenters. The summed E-state index contributed by atoms with van der Waals surface area (Å²) in [5, 5.41) is 3.18. The third-order valence-corrected chi connectivity index (χ3v) is 5.45. The van der Waals surface area contributed by atoms with Crippen molar-refractivity contribution in [3.05, 3.63) is 35.9 Å². The summed E-state index contributed by atoms with van der Waals surface area (Å²) < 4.78 is 23.5. The first-order valence-corrected chi connectivity index (χ1v) is 9.79. The number of imide groups is 1. The Morgan fingerprint density at radius 3 is 2.46 bits per heavy atom. The number of hydrazine groups is 1. The Balaban J connectivity index is 2.00. The monoisotopic (exact) mass is 382 g/mol. The number of hydrogen-bond acceptors (Lipinski definition) is 5. The molecule has 0 saturated carbocycles. The molecule has 1 aliphatic heterocycles. The molecule has 9 nitrogen and oxygen atoms in total. The first-order chi connectivity index (χ1) is 12.0. The summed E-state index contributed by atoms with van der Waals surface area (Å²) in [5.41, 5.74) is 2.03. The number of sulfonamides is 1. The molecule has 1 atom stereocenters.